The highest BCUT2D eigenvalue weighted by atomic mass is 35.5. The maximum atomic E-state index is 12.9. The maximum Gasteiger partial charge on any atom is 0.243 e. The van der Waals surface area contributed by atoms with E-state index in [2.05, 4.69) is 0 Å². The van der Waals surface area contributed by atoms with Crippen molar-refractivity contribution >= 4 is 21.6 Å². The van der Waals surface area contributed by atoms with Crippen LogP contribution < -0.4 is 0 Å². The molecule has 0 aliphatic rings. The SMILES string of the molecule is CCN(Cc1cccc(Cl)c1)S(=O)(=O)c1ccc(F)cc1. The molecule has 0 amide bonds. The van der Waals surface area contributed by atoms with Gasteiger partial charge in [0.2, 0.25) is 10.0 Å². The fourth-order valence-corrected chi connectivity index (χ4v) is 3.61. The molecule has 0 aliphatic heterocycles. The van der Waals surface area contributed by atoms with E-state index in [0.29, 0.717) is 11.6 Å². The zero-order chi connectivity index (χ0) is 15.5. The normalized spacial score (nSPS) is 11.8. The van der Waals surface area contributed by atoms with E-state index >= 15 is 0 Å². The summed E-state index contributed by atoms with van der Waals surface area (Å²) in [5.74, 6) is -0.466. The molecule has 0 N–H and O–H groups in total. The molecular formula is C15H15ClFNO2S. The molecule has 0 aliphatic carbocycles. The Morgan fingerprint density at radius 1 is 1.14 bits per heavy atom. The van der Waals surface area contributed by atoms with E-state index in [9.17, 15) is 12.8 Å². The van der Waals surface area contributed by atoms with E-state index in [1.54, 1.807) is 25.1 Å². The van der Waals surface area contributed by atoms with Crippen molar-refractivity contribution in [3.63, 3.8) is 0 Å². The van der Waals surface area contributed by atoms with Crippen molar-refractivity contribution in [3.05, 3.63) is 64.9 Å². The Balaban J connectivity index is 2.29. The lowest BCUT2D eigenvalue weighted by Gasteiger charge is -2.20. The van der Waals surface area contributed by atoms with Gasteiger partial charge in [0, 0.05) is 18.1 Å². The van der Waals surface area contributed by atoms with E-state index in [-0.39, 0.29) is 11.4 Å². The predicted octanol–water partition coefficient (Wildman–Crippen LogP) is 3.69. The number of sulfonamides is 1. The highest BCUT2D eigenvalue weighted by molar-refractivity contribution is 7.89. The smallest absolute Gasteiger partial charge is 0.207 e. The molecule has 2 aromatic rings. The van der Waals surface area contributed by atoms with Crippen LogP contribution in [-0.2, 0) is 16.6 Å². The molecule has 0 bridgehead atoms. The van der Waals surface area contributed by atoms with Gasteiger partial charge in [-0.05, 0) is 42.0 Å². The Labute approximate surface area is 129 Å². The topological polar surface area (TPSA) is 37.4 Å². The Morgan fingerprint density at radius 2 is 1.81 bits per heavy atom. The molecule has 2 aromatic carbocycles. The molecule has 0 saturated carbocycles. The first kappa shape index (κ1) is 15.9. The van der Waals surface area contributed by atoms with Crippen molar-refractivity contribution in [2.75, 3.05) is 6.54 Å². The van der Waals surface area contributed by atoms with Crippen molar-refractivity contribution < 1.29 is 12.8 Å². The van der Waals surface area contributed by atoms with E-state index in [0.717, 1.165) is 17.7 Å². The number of benzene rings is 2. The lowest BCUT2D eigenvalue weighted by molar-refractivity contribution is 0.423. The highest BCUT2D eigenvalue weighted by Gasteiger charge is 2.23. The first-order valence-electron chi connectivity index (χ1n) is 6.43. The lowest BCUT2D eigenvalue weighted by atomic mass is 10.2. The zero-order valence-corrected chi connectivity index (χ0v) is 13.0. The summed E-state index contributed by atoms with van der Waals surface area (Å²) < 4.78 is 39.3. The molecule has 0 fully saturated rings. The van der Waals surface area contributed by atoms with Gasteiger partial charge in [0.1, 0.15) is 5.82 Å². The quantitative estimate of drug-likeness (QED) is 0.840. The molecule has 0 atom stereocenters. The van der Waals surface area contributed by atoms with Gasteiger partial charge in [0.15, 0.2) is 0 Å². The predicted molar refractivity (Wildman–Crippen MR) is 81.1 cm³/mol. The number of hydrogen-bond donors (Lipinski definition) is 0. The van der Waals surface area contributed by atoms with E-state index in [1.165, 1.54) is 16.4 Å². The van der Waals surface area contributed by atoms with Crippen LogP contribution in [0.3, 0.4) is 0 Å². The number of halogens is 2. The summed E-state index contributed by atoms with van der Waals surface area (Å²) in [5.41, 5.74) is 0.801. The van der Waals surface area contributed by atoms with Crippen LogP contribution in [0.2, 0.25) is 5.02 Å². The second kappa shape index (κ2) is 6.56. The standard InChI is InChI=1S/C15H15ClFNO2S/c1-2-18(11-12-4-3-5-13(16)10-12)21(19,20)15-8-6-14(17)7-9-15/h3-10H,2,11H2,1H3. The first-order chi connectivity index (χ1) is 9.93. The molecular weight excluding hydrogens is 313 g/mol. The average molecular weight is 328 g/mol. The van der Waals surface area contributed by atoms with Crippen LogP contribution >= 0.6 is 11.6 Å². The van der Waals surface area contributed by atoms with Gasteiger partial charge in [-0.25, -0.2) is 12.8 Å². The second-order valence-electron chi connectivity index (χ2n) is 4.52. The van der Waals surface area contributed by atoms with Crippen LogP contribution in [0.25, 0.3) is 0 Å². The van der Waals surface area contributed by atoms with Gasteiger partial charge in [-0.3, -0.25) is 0 Å². The van der Waals surface area contributed by atoms with E-state index in [4.69, 9.17) is 11.6 Å². The zero-order valence-electron chi connectivity index (χ0n) is 11.5. The minimum Gasteiger partial charge on any atom is -0.207 e. The van der Waals surface area contributed by atoms with Crippen LogP contribution in [-0.4, -0.2) is 19.3 Å². The van der Waals surface area contributed by atoms with Gasteiger partial charge < -0.3 is 0 Å². The van der Waals surface area contributed by atoms with Crippen molar-refractivity contribution in [1.29, 1.82) is 0 Å². The molecule has 0 aromatic heterocycles. The van der Waals surface area contributed by atoms with Crippen molar-refractivity contribution in [3.8, 4) is 0 Å². The third kappa shape index (κ3) is 3.81. The molecule has 0 heterocycles. The summed E-state index contributed by atoms with van der Waals surface area (Å²) in [7, 11) is -3.66. The number of rotatable bonds is 5. The Bertz CT molecular complexity index is 717. The second-order valence-corrected chi connectivity index (χ2v) is 6.89. The van der Waals surface area contributed by atoms with Gasteiger partial charge in [-0.15, -0.1) is 0 Å². The molecule has 3 nitrogen and oxygen atoms in total. The van der Waals surface area contributed by atoms with Gasteiger partial charge in [0.05, 0.1) is 4.90 Å². The molecule has 6 heteroatoms. The first-order valence-corrected chi connectivity index (χ1v) is 8.25. The van der Waals surface area contributed by atoms with Crippen LogP contribution in [0.4, 0.5) is 4.39 Å². The van der Waals surface area contributed by atoms with Crippen LogP contribution in [0.15, 0.2) is 53.4 Å². The molecule has 0 saturated heterocycles. The van der Waals surface area contributed by atoms with Crippen molar-refractivity contribution in [1.82, 2.24) is 4.31 Å². The van der Waals surface area contributed by atoms with Crippen molar-refractivity contribution in [2.24, 2.45) is 0 Å². The Hall–Kier alpha value is -1.43. The lowest BCUT2D eigenvalue weighted by Crippen LogP contribution is -2.30. The average Bonchev–Trinajstić information content (AvgIpc) is 2.45. The molecule has 112 valence electrons. The molecule has 0 unspecified atom stereocenters. The molecule has 2 rings (SSSR count). The summed E-state index contributed by atoms with van der Waals surface area (Å²) in [6.45, 7) is 2.29. The summed E-state index contributed by atoms with van der Waals surface area (Å²) >= 11 is 5.91. The van der Waals surface area contributed by atoms with Gasteiger partial charge in [-0.2, -0.15) is 4.31 Å². The van der Waals surface area contributed by atoms with Crippen molar-refractivity contribution in [2.45, 2.75) is 18.4 Å². The van der Waals surface area contributed by atoms with Gasteiger partial charge >= 0.3 is 0 Å². The molecule has 0 radical (unpaired) electrons. The summed E-state index contributed by atoms with van der Waals surface area (Å²) in [5, 5.41) is 0.558. The highest BCUT2D eigenvalue weighted by Crippen LogP contribution is 2.20. The van der Waals surface area contributed by atoms with Crippen LogP contribution in [0, 0.1) is 5.82 Å². The fourth-order valence-electron chi connectivity index (χ4n) is 1.96. The summed E-state index contributed by atoms with van der Waals surface area (Å²) in [6, 6.07) is 11.9. The summed E-state index contributed by atoms with van der Waals surface area (Å²) in [4.78, 5) is 0.0766. The molecule has 0 spiro atoms. The van der Waals surface area contributed by atoms with Gasteiger partial charge in [0.25, 0.3) is 0 Å². The van der Waals surface area contributed by atoms with Crippen LogP contribution in [0.5, 0.6) is 0 Å². The number of nitrogens with zero attached hydrogens (tertiary/aromatic N) is 1. The monoisotopic (exact) mass is 327 g/mol. The minimum atomic E-state index is -3.66. The molecule has 21 heavy (non-hydrogen) atoms. The van der Waals surface area contributed by atoms with Gasteiger partial charge in [-0.1, -0.05) is 30.7 Å². The maximum absolute atomic E-state index is 12.9. The third-order valence-electron chi connectivity index (χ3n) is 3.05. The largest absolute Gasteiger partial charge is 0.243 e. The van der Waals surface area contributed by atoms with E-state index in [1.807, 2.05) is 6.07 Å². The Morgan fingerprint density at radius 3 is 2.38 bits per heavy atom. The third-order valence-corrected chi connectivity index (χ3v) is 5.22. The minimum absolute atomic E-state index is 0.0766. The number of hydrogen-bond acceptors (Lipinski definition) is 2. The summed E-state index contributed by atoms with van der Waals surface area (Å²) in [6.07, 6.45) is 0. The Kier molecular flexibility index (Phi) is 4.98. The van der Waals surface area contributed by atoms with Crippen LogP contribution in [0.1, 0.15) is 12.5 Å². The van der Waals surface area contributed by atoms with E-state index < -0.39 is 15.8 Å². The fraction of sp³-hybridized carbons (Fsp3) is 0.200.